The van der Waals surface area contributed by atoms with Crippen LogP contribution in [-0.4, -0.2) is 57.9 Å². The van der Waals surface area contributed by atoms with Gasteiger partial charge in [-0.3, -0.25) is 9.78 Å². The van der Waals surface area contributed by atoms with E-state index < -0.39 is 11.9 Å². The van der Waals surface area contributed by atoms with Gasteiger partial charge in [-0.15, -0.1) is 0 Å². The van der Waals surface area contributed by atoms with Crippen LogP contribution in [0.2, 0.25) is 0 Å². The van der Waals surface area contributed by atoms with E-state index in [1.807, 2.05) is 0 Å². The first-order valence-electron chi connectivity index (χ1n) is 9.36. The number of carbonyl (C=O) groups is 2. The largest absolute Gasteiger partial charge is 0.434 e. The van der Waals surface area contributed by atoms with Crippen LogP contribution in [0, 0.1) is 17.3 Å². The van der Waals surface area contributed by atoms with Crippen LogP contribution in [0.15, 0.2) is 12.4 Å². The fraction of sp³-hybridized carbons (Fsp3) is 0.667. The number of likely N-dealkylation sites (tertiary alicyclic amines) is 2. The Kier molecular flexibility index (Phi) is 4.46. The van der Waals surface area contributed by atoms with Crippen LogP contribution < -0.4 is 5.73 Å². The van der Waals surface area contributed by atoms with Crippen molar-refractivity contribution in [2.24, 2.45) is 23.0 Å². The lowest BCUT2D eigenvalue weighted by Gasteiger charge is -2.59. The predicted molar refractivity (Wildman–Crippen MR) is 91.7 cm³/mol. The minimum Gasteiger partial charge on any atom is -0.369 e. The van der Waals surface area contributed by atoms with E-state index >= 15 is 0 Å². The maximum Gasteiger partial charge on any atom is 0.434 e. The van der Waals surface area contributed by atoms with E-state index in [9.17, 15) is 22.8 Å². The van der Waals surface area contributed by atoms with Crippen molar-refractivity contribution in [2.45, 2.75) is 31.9 Å². The van der Waals surface area contributed by atoms with Crippen LogP contribution in [0.3, 0.4) is 0 Å². The lowest BCUT2D eigenvalue weighted by molar-refractivity contribution is -0.141. The number of nitrogens with zero attached hydrogens (tertiary/aromatic N) is 4. The molecule has 7 nitrogen and oxygen atoms in total. The molecule has 3 fully saturated rings. The smallest absolute Gasteiger partial charge is 0.369 e. The van der Waals surface area contributed by atoms with Crippen LogP contribution in [0.1, 0.15) is 30.7 Å². The lowest BCUT2D eigenvalue weighted by Crippen LogP contribution is -2.65. The molecular weight excluding hydrogens is 375 g/mol. The molecule has 0 aromatic carbocycles. The van der Waals surface area contributed by atoms with Crippen molar-refractivity contribution < 1.29 is 22.8 Å². The van der Waals surface area contributed by atoms with Gasteiger partial charge in [0.15, 0.2) is 5.69 Å². The Labute approximate surface area is 160 Å². The maximum atomic E-state index is 12.5. The van der Waals surface area contributed by atoms with E-state index in [-0.39, 0.29) is 23.3 Å². The first-order chi connectivity index (χ1) is 13.2. The molecule has 3 amide bonds. The summed E-state index contributed by atoms with van der Waals surface area (Å²) in [6, 6.07) is -0.0357. The zero-order chi connectivity index (χ0) is 20.1. The zero-order valence-electron chi connectivity index (χ0n) is 15.3. The Morgan fingerprint density at radius 2 is 1.89 bits per heavy atom. The molecule has 1 unspecified atom stereocenters. The summed E-state index contributed by atoms with van der Waals surface area (Å²) in [5.74, 6) is -0.255. The number of rotatable bonds is 3. The first kappa shape index (κ1) is 18.9. The molecule has 2 aliphatic heterocycles. The number of amides is 3. The van der Waals surface area contributed by atoms with Crippen molar-refractivity contribution in [3.63, 3.8) is 0 Å². The summed E-state index contributed by atoms with van der Waals surface area (Å²) in [7, 11) is 0. The highest BCUT2D eigenvalue weighted by Crippen LogP contribution is 2.53. The van der Waals surface area contributed by atoms with Gasteiger partial charge in [0, 0.05) is 37.8 Å². The second-order valence-corrected chi connectivity index (χ2v) is 8.34. The number of hydrogen-bond donors (Lipinski definition) is 1. The number of nitrogens with two attached hydrogens (primary N) is 1. The summed E-state index contributed by atoms with van der Waals surface area (Å²) in [4.78, 5) is 34.6. The molecule has 1 spiro atoms. The standard InChI is InChI=1S/C18H22F3N5O2/c19-18(20,21)14-7-23-13(6-24-14)3-11-4-17(5-11)9-26(10-17)16(28)25-2-1-12(8-25)15(22)27/h6-7,11-12H,1-5,8-10H2,(H2,22,27). The second-order valence-electron chi connectivity index (χ2n) is 8.34. The molecule has 3 heterocycles. The summed E-state index contributed by atoms with van der Waals surface area (Å²) < 4.78 is 37.6. The molecule has 1 atom stereocenters. The number of urea groups is 1. The van der Waals surface area contributed by atoms with E-state index in [0.717, 1.165) is 19.0 Å². The normalized spacial score (nSPS) is 24.2. The van der Waals surface area contributed by atoms with Gasteiger partial charge in [0.05, 0.1) is 17.8 Å². The van der Waals surface area contributed by atoms with E-state index in [4.69, 9.17) is 5.73 Å². The molecule has 2 N–H and O–H groups in total. The van der Waals surface area contributed by atoms with Crippen LogP contribution in [-0.2, 0) is 17.4 Å². The molecule has 28 heavy (non-hydrogen) atoms. The Hall–Kier alpha value is -2.39. The third-order valence-electron chi connectivity index (χ3n) is 6.12. The molecule has 0 radical (unpaired) electrons. The Morgan fingerprint density at radius 1 is 1.18 bits per heavy atom. The number of halogens is 3. The predicted octanol–water partition coefficient (Wildman–Crippen LogP) is 1.68. The third kappa shape index (κ3) is 3.51. The topological polar surface area (TPSA) is 92.4 Å². The van der Waals surface area contributed by atoms with Crippen molar-refractivity contribution in [3.05, 3.63) is 23.8 Å². The lowest BCUT2D eigenvalue weighted by atomic mass is 9.57. The number of carbonyl (C=O) groups excluding carboxylic acids is 2. The average molecular weight is 397 g/mol. The van der Waals surface area contributed by atoms with Crippen molar-refractivity contribution in [1.29, 1.82) is 0 Å². The molecule has 2 saturated heterocycles. The Morgan fingerprint density at radius 3 is 2.43 bits per heavy atom. The van der Waals surface area contributed by atoms with Gasteiger partial charge >= 0.3 is 12.2 Å². The Balaban J connectivity index is 1.22. The summed E-state index contributed by atoms with van der Waals surface area (Å²) in [6.07, 6.45) is 0.604. The molecule has 1 aliphatic carbocycles. The highest BCUT2D eigenvalue weighted by atomic mass is 19.4. The monoisotopic (exact) mass is 397 g/mol. The van der Waals surface area contributed by atoms with Gasteiger partial charge in [-0.2, -0.15) is 13.2 Å². The summed E-state index contributed by atoms with van der Waals surface area (Å²) in [6.45, 7) is 2.34. The molecule has 3 aliphatic rings. The van der Waals surface area contributed by atoms with E-state index in [2.05, 4.69) is 9.97 Å². The molecule has 0 bridgehead atoms. The van der Waals surface area contributed by atoms with Gasteiger partial charge in [-0.1, -0.05) is 0 Å². The van der Waals surface area contributed by atoms with Gasteiger partial charge in [0.2, 0.25) is 5.91 Å². The maximum absolute atomic E-state index is 12.5. The summed E-state index contributed by atoms with van der Waals surface area (Å²) in [5, 5.41) is 0. The van der Waals surface area contributed by atoms with Crippen molar-refractivity contribution >= 4 is 11.9 Å². The molecule has 1 saturated carbocycles. The van der Waals surface area contributed by atoms with E-state index in [1.165, 1.54) is 6.20 Å². The third-order valence-corrected chi connectivity index (χ3v) is 6.12. The van der Waals surface area contributed by atoms with Crippen LogP contribution in [0.5, 0.6) is 0 Å². The Bertz CT molecular complexity index is 768. The van der Waals surface area contributed by atoms with Gasteiger partial charge in [-0.05, 0) is 31.6 Å². The number of aromatic nitrogens is 2. The summed E-state index contributed by atoms with van der Waals surface area (Å²) >= 11 is 0. The van der Waals surface area contributed by atoms with Crippen molar-refractivity contribution in [3.8, 4) is 0 Å². The zero-order valence-corrected chi connectivity index (χ0v) is 15.3. The minimum absolute atomic E-state index is 0.0357. The molecule has 152 valence electrons. The highest BCUT2D eigenvalue weighted by molar-refractivity contribution is 5.80. The van der Waals surface area contributed by atoms with Crippen molar-refractivity contribution in [1.82, 2.24) is 19.8 Å². The van der Waals surface area contributed by atoms with Crippen molar-refractivity contribution in [2.75, 3.05) is 26.2 Å². The quantitative estimate of drug-likeness (QED) is 0.840. The van der Waals surface area contributed by atoms with Gasteiger partial charge in [0.25, 0.3) is 0 Å². The SMILES string of the molecule is NC(=O)C1CCN(C(=O)N2CC3(CC(Cc4cnc(C(F)(F)F)cn4)C3)C2)C1. The average Bonchev–Trinajstić information content (AvgIpc) is 3.05. The fourth-order valence-electron chi connectivity index (χ4n) is 4.73. The first-order valence-corrected chi connectivity index (χ1v) is 9.36. The molecule has 1 aromatic heterocycles. The van der Waals surface area contributed by atoms with E-state index in [1.54, 1.807) is 9.80 Å². The molecule has 10 heteroatoms. The summed E-state index contributed by atoms with van der Waals surface area (Å²) in [5.41, 5.74) is 5.02. The number of alkyl halides is 3. The van der Waals surface area contributed by atoms with E-state index in [0.29, 0.717) is 50.6 Å². The van der Waals surface area contributed by atoms with Crippen LogP contribution in [0.4, 0.5) is 18.0 Å². The number of hydrogen-bond acceptors (Lipinski definition) is 4. The number of primary amides is 1. The molecule has 4 rings (SSSR count). The van der Waals surface area contributed by atoms with Crippen LogP contribution in [0.25, 0.3) is 0 Å². The highest BCUT2D eigenvalue weighted by Gasteiger charge is 2.54. The second kappa shape index (κ2) is 6.59. The molecule has 1 aromatic rings. The van der Waals surface area contributed by atoms with Gasteiger partial charge in [-0.25, -0.2) is 9.78 Å². The minimum atomic E-state index is -4.47. The van der Waals surface area contributed by atoms with Gasteiger partial charge in [0.1, 0.15) is 0 Å². The molecular formula is C18H22F3N5O2. The van der Waals surface area contributed by atoms with Gasteiger partial charge < -0.3 is 15.5 Å². The van der Waals surface area contributed by atoms with Crippen LogP contribution >= 0.6 is 0 Å². The fourth-order valence-corrected chi connectivity index (χ4v) is 4.73.